The third-order valence-corrected chi connectivity index (χ3v) is 3.77. The van der Waals surface area contributed by atoms with Crippen LogP contribution in [-0.4, -0.2) is 33.5 Å². The van der Waals surface area contributed by atoms with Crippen LogP contribution < -0.4 is 4.90 Å². The van der Waals surface area contributed by atoms with Crippen molar-refractivity contribution in [2.45, 2.75) is 6.92 Å². The molecule has 1 amide bonds. The predicted octanol–water partition coefficient (Wildman–Crippen LogP) is 2.45. The lowest BCUT2D eigenvalue weighted by Crippen LogP contribution is -2.32. The Hall–Kier alpha value is -1.53. The van der Waals surface area contributed by atoms with Crippen molar-refractivity contribution in [1.82, 2.24) is 14.8 Å². The predicted molar refractivity (Wildman–Crippen MR) is 82.8 cm³/mol. The second-order valence-corrected chi connectivity index (χ2v) is 5.16. The van der Waals surface area contributed by atoms with Crippen LogP contribution in [-0.2, 0) is 4.79 Å². The van der Waals surface area contributed by atoms with E-state index in [0.29, 0.717) is 11.4 Å². The molecule has 0 N–H and O–H groups in total. The summed E-state index contributed by atoms with van der Waals surface area (Å²) in [6.07, 6.45) is 5.06. The number of aromatic nitrogens is 3. The maximum Gasteiger partial charge on any atom is 0.230 e. The van der Waals surface area contributed by atoms with E-state index in [2.05, 4.69) is 22.7 Å². The average Bonchev–Trinajstić information content (AvgIpc) is 2.87. The fourth-order valence-corrected chi connectivity index (χ4v) is 2.13. The minimum atomic E-state index is -0.179. The molecule has 2 rings (SSSR count). The number of anilines is 1. The zero-order valence-electron chi connectivity index (χ0n) is 11.2. The Morgan fingerprint density at radius 1 is 1.60 bits per heavy atom. The van der Waals surface area contributed by atoms with E-state index in [0.717, 1.165) is 5.69 Å². The molecule has 0 saturated heterocycles. The SMILES string of the molecule is CC(CS)C(=O)N(C)c1cn(-c2cccnc2)nc1Cl. The molecular weight excluding hydrogens is 296 g/mol. The van der Waals surface area contributed by atoms with Crippen LogP contribution in [0.5, 0.6) is 0 Å². The van der Waals surface area contributed by atoms with Crippen LogP contribution in [0.4, 0.5) is 5.69 Å². The zero-order valence-corrected chi connectivity index (χ0v) is 12.8. The fourth-order valence-electron chi connectivity index (χ4n) is 1.72. The monoisotopic (exact) mass is 310 g/mol. The maximum atomic E-state index is 12.1. The van der Waals surface area contributed by atoms with Gasteiger partial charge >= 0.3 is 0 Å². The van der Waals surface area contributed by atoms with Crippen molar-refractivity contribution >= 4 is 35.8 Å². The van der Waals surface area contributed by atoms with Gasteiger partial charge in [-0.3, -0.25) is 9.78 Å². The summed E-state index contributed by atoms with van der Waals surface area (Å²) in [5.41, 5.74) is 1.35. The molecule has 0 radical (unpaired) electrons. The number of thiol groups is 1. The number of carbonyl (C=O) groups is 1. The number of hydrogen-bond acceptors (Lipinski definition) is 4. The van der Waals surface area contributed by atoms with Gasteiger partial charge in [-0.25, -0.2) is 4.68 Å². The van der Waals surface area contributed by atoms with Crippen molar-refractivity contribution in [2.75, 3.05) is 17.7 Å². The highest BCUT2D eigenvalue weighted by molar-refractivity contribution is 7.80. The van der Waals surface area contributed by atoms with Crippen LogP contribution in [0, 0.1) is 5.92 Å². The van der Waals surface area contributed by atoms with E-state index in [4.69, 9.17) is 11.6 Å². The van der Waals surface area contributed by atoms with E-state index in [-0.39, 0.29) is 17.0 Å². The summed E-state index contributed by atoms with van der Waals surface area (Å²) < 4.78 is 1.60. The van der Waals surface area contributed by atoms with E-state index in [1.807, 2.05) is 19.1 Å². The fraction of sp³-hybridized carbons (Fsp3) is 0.308. The Bertz CT molecular complexity index is 602. The van der Waals surface area contributed by atoms with Gasteiger partial charge in [-0.1, -0.05) is 18.5 Å². The van der Waals surface area contributed by atoms with Gasteiger partial charge < -0.3 is 4.90 Å². The Balaban J connectivity index is 2.30. The van der Waals surface area contributed by atoms with Gasteiger partial charge in [-0.15, -0.1) is 0 Å². The topological polar surface area (TPSA) is 51.0 Å². The first-order valence-electron chi connectivity index (χ1n) is 6.08. The van der Waals surface area contributed by atoms with Crippen molar-refractivity contribution in [3.63, 3.8) is 0 Å². The van der Waals surface area contributed by atoms with E-state index >= 15 is 0 Å². The molecular formula is C13H15ClN4OS. The minimum absolute atomic E-state index is 0.0485. The van der Waals surface area contributed by atoms with Crippen LogP contribution >= 0.6 is 24.2 Å². The first-order chi connectivity index (χ1) is 9.54. The third-order valence-electron chi connectivity index (χ3n) is 2.95. The lowest BCUT2D eigenvalue weighted by Gasteiger charge is -2.18. The number of carbonyl (C=O) groups excluding carboxylic acids is 1. The maximum absolute atomic E-state index is 12.1. The molecule has 0 bridgehead atoms. The van der Waals surface area contributed by atoms with E-state index in [9.17, 15) is 4.79 Å². The van der Waals surface area contributed by atoms with Gasteiger partial charge in [0.15, 0.2) is 5.15 Å². The number of amides is 1. The lowest BCUT2D eigenvalue weighted by molar-refractivity contribution is -0.120. The highest BCUT2D eigenvalue weighted by Crippen LogP contribution is 2.26. The first kappa shape index (κ1) is 14.9. The average molecular weight is 311 g/mol. The van der Waals surface area contributed by atoms with Gasteiger partial charge in [-0.05, 0) is 12.1 Å². The number of pyridine rings is 1. The lowest BCUT2D eigenvalue weighted by atomic mass is 10.2. The molecule has 0 aliphatic heterocycles. The van der Waals surface area contributed by atoms with Crippen molar-refractivity contribution in [3.8, 4) is 5.69 Å². The Labute approximate surface area is 128 Å². The van der Waals surface area contributed by atoms with E-state index < -0.39 is 0 Å². The summed E-state index contributed by atoms with van der Waals surface area (Å²) in [5.74, 6) is 0.256. The second-order valence-electron chi connectivity index (χ2n) is 4.44. The molecule has 2 aromatic heterocycles. The number of hydrogen-bond donors (Lipinski definition) is 1. The molecule has 1 atom stereocenters. The Morgan fingerprint density at radius 2 is 2.35 bits per heavy atom. The summed E-state index contributed by atoms with van der Waals surface area (Å²) in [7, 11) is 1.68. The molecule has 7 heteroatoms. The molecule has 0 fully saturated rings. The molecule has 0 aliphatic carbocycles. The first-order valence-corrected chi connectivity index (χ1v) is 7.09. The molecule has 2 aromatic rings. The summed E-state index contributed by atoms with van der Waals surface area (Å²) in [5, 5.41) is 4.47. The molecule has 0 aliphatic rings. The van der Waals surface area contributed by atoms with E-state index in [1.54, 1.807) is 30.3 Å². The van der Waals surface area contributed by atoms with Gasteiger partial charge in [-0.2, -0.15) is 17.7 Å². The third kappa shape index (κ3) is 2.96. The molecule has 20 heavy (non-hydrogen) atoms. The van der Waals surface area contributed by atoms with Crippen LogP contribution in [0.3, 0.4) is 0 Å². The molecule has 5 nitrogen and oxygen atoms in total. The Kier molecular flexibility index (Phi) is 4.67. The van der Waals surface area contributed by atoms with Gasteiger partial charge in [0.25, 0.3) is 0 Å². The summed E-state index contributed by atoms with van der Waals surface area (Å²) in [6.45, 7) is 1.82. The summed E-state index contributed by atoms with van der Waals surface area (Å²) in [4.78, 5) is 17.7. The quantitative estimate of drug-likeness (QED) is 0.883. The molecule has 0 spiro atoms. The standard InChI is InChI=1S/C13H15ClN4OS/c1-9(8-20)13(19)17(2)11-7-18(16-12(11)14)10-4-3-5-15-6-10/h3-7,9,20H,8H2,1-2H3. The minimum Gasteiger partial charge on any atom is -0.311 e. The molecule has 0 saturated carbocycles. The van der Waals surface area contributed by atoms with Crippen molar-refractivity contribution < 1.29 is 4.79 Å². The summed E-state index contributed by atoms with van der Waals surface area (Å²) in [6, 6.07) is 3.67. The van der Waals surface area contributed by atoms with Crippen molar-refractivity contribution in [2.24, 2.45) is 5.92 Å². The number of rotatable bonds is 4. The molecule has 2 heterocycles. The van der Waals surface area contributed by atoms with Gasteiger partial charge in [0.2, 0.25) is 5.91 Å². The van der Waals surface area contributed by atoms with Crippen molar-refractivity contribution in [3.05, 3.63) is 35.9 Å². The van der Waals surface area contributed by atoms with Gasteiger partial charge in [0, 0.05) is 24.9 Å². The van der Waals surface area contributed by atoms with Gasteiger partial charge in [0.05, 0.1) is 18.1 Å². The largest absolute Gasteiger partial charge is 0.311 e. The Morgan fingerprint density at radius 3 is 2.95 bits per heavy atom. The smallest absolute Gasteiger partial charge is 0.230 e. The van der Waals surface area contributed by atoms with Crippen molar-refractivity contribution in [1.29, 1.82) is 0 Å². The zero-order chi connectivity index (χ0) is 14.7. The highest BCUT2D eigenvalue weighted by Gasteiger charge is 2.21. The van der Waals surface area contributed by atoms with Gasteiger partial charge in [0.1, 0.15) is 5.69 Å². The van der Waals surface area contributed by atoms with Crippen LogP contribution in [0.1, 0.15) is 6.92 Å². The van der Waals surface area contributed by atoms with Crippen LogP contribution in [0.25, 0.3) is 5.69 Å². The number of halogens is 1. The molecule has 1 unspecified atom stereocenters. The highest BCUT2D eigenvalue weighted by atomic mass is 35.5. The number of nitrogens with zero attached hydrogens (tertiary/aromatic N) is 4. The normalized spacial score (nSPS) is 12.2. The molecule has 0 aromatic carbocycles. The van der Waals surface area contributed by atoms with Crippen LogP contribution in [0.2, 0.25) is 5.15 Å². The molecule has 106 valence electrons. The second kappa shape index (κ2) is 6.28. The summed E-state index contributed by atoms with van der Waals surface area (Å²) >= 11 is 10.3. The van der Waals surface area contributed by atoms with Crippen LogP contribution in [0.15, 0.2) is 30.7 Å². The van der Waals surface area contributed by atoms with E-state index in [1.165, 1.54) is 4.90 Å².